The highest BCUT2D eigenvalue weighted by Crippen LogP contribution is 2.36. The predicted octanol–water partition coefficient (Wildman–Crippen LogP) is 3.55. The molecule has 0 aromatic heterocycles. The fourth-order valence-electron chi connectivity index (χ4n) is 2.77. The van der Waals surface area contributed by atoms with Gasteiger partial charge in [0.25, 0.3) is 0 Å². The topological polar surface area (TPSA) is 93.4 Å². The van der Waals surface area contributed by atoms with E-state index in [0.717, 1.165) is 0 Å². The zero-order valence-electron chi connectivity index (χ0n) is 15.7. The van der Waals surface area contributed by atoms with Gasteiger partial charge in [0.1, 0.15) is 5.75 Å². The van der Waals surface area contributed by atoms with Gasteiger partial charge in [-0.05, 0) is 43.7 Å². The largest absolute Gasteiger partial charge is 0.453 e. The lowest BCUT2D eigenvalue weighted by Crippen LogP contribution is -2.38. The Bertz CT molecular complexity index is 830. The Morgan fingerprint density at radius 3 is 2.54 bits per heavy atom. The van der Waals surface area contributed by atoms with Gasteiger partial charge in [-0.2, -0.15) is 0 Å². The molecule has 0 aliphatic heterocycles. The van der Waals surface area contributed by atoms with Gasteiger partial charge in [-0.3, -0.25) is 9.59 Å². The monoisotopic (exact) mass is 407 g/mol. The summed E-state index contributed by atoms with van der Waals surface area (Å²) in [6.07, 6.45) is 1.24. The molecule has 2 atom stereocenters. The normalized spacial score (nSPS) is 12.9. The highest BCUT2D eigenvalue weighted by atomic mass is 35.5. The number of carbonyl (C=O) groups is 2. The Kier molecular flexibility index (Phi) is 7.78. The first kappa shape index (κ1) is 21.7. The molecule has 0 saturated heterocycles. The van der Waals surface area contributed by atoms with Crippen LogP contribution in [-0.2, 0) is 4.79 Å². The number of amides is 2. The second kappa shape index (κ2) is 10.1. The molecule has 0 fully saturated rings. The maximum atomic E-state index is 15.2. The summed E-state index contributed by atoms with van der Waals surface area (Å²) in [5.74, 6) is -0.897. The van der Waals surface area contributed by atoms with Crippen molar-refractivity contribution >= 4 is 23.9 Å². The number of nitrogens with two attached hydrogens (primary N) is 1. The van der Waals surface area contributed by atoms with Gasteiger partial charge < -0.3 is 21.1 Å². The molecule has 0 unspecified atom stereocenters. The van der Waals surface area contributed by atoms with Crippen LogP contribution < -0.4 is 21.1 Å². The lowest BCUT2D eigenvalue weighted by atomic mass is 10.0. The highest BCUT2D eigenvalue weighted by molar-refractivity contribution is 6.32. The van der Waals surface area contributed by atoms with Gasteiger partial charge in [0.2, 0.25) is 12.3 Å². The first-order valence-corrected chi connectivity index (χ1v) is 9.23. The third-order valence-electron chi connectivity index (χ3n) is 4.21. The van der Waals surface area contributed by atoms with E-state index in [1.807, 2.05) is 13.8 Å². The lowest BCUT2D eigenvalue weighted by molar-refractivity contribution is -0.109. The third kappa shape index (κ3) is 5.43. The molecular formula is C20H23ClFN3O3. The molecule has 28 heavy (non-hydrogen) atoms. The van der Waals surface area contributed by atoms with E-state index in [4.69, 9.17) is 22.1 Å². The SMILES string of the molecule is CC[C@@H](N[C@H](C)CNC=O)c1ccc(Cl)c(Oc2ccc(C(N)=O)cc2)c1F. The number of rotatable bonds is 10. The molecule has 0 saturated carbocycles. The maximum absolute atomic E-state index is 15.2. The van der Waals surface area contributed by atoms with E-state index in [9.17, 15) is 9.59 Å². The fourth-order valence-corrected chi connectivity index (χ4v) is 2.95. The van der Waals surface area contributed by atoms with Gasteiger partial charge in [0, 0.05) is 29.8 Å². The Morgan fingerprint density at radius 2 is 1.96 bits per heavy atom. The summed E-state index contributed by atoms with van der Waals surface area (Å²) in [6.45, 7) is 4.24. The van der Waals surface area contributed by atoms with Gasteiger partial charge in [-0.1, -0.05) is 24.6 Å². The van der Waals surface area contributed by atoms with Crippen molar-refractivity contribution in [2.24, 2.45) is 5.73 Å². The number of nitrogens with one attached hydrogen (secondary N) is 2. The molecule has 0 bridgehead atoms. The van der Waals surface area contributed by atoms with Crippen molar-refractivity contribution < 1.29 is 18.7 Å². The molecule has 2 amide bonds. The van der Waals surface area contributed by atoms with Gasteiger partial charge in [0.05, 0.1) is 5.02 Å². The number of hydrogen-bond acceptors (Lipinski definition) is 4. The van der Waals surface area contributed by atoms with Crippen LogP contribution in [0.25, 0.3) is 0 Å². The highest BCUT2D eigenvalue weighted by Gasteiger charge is 2.21. The average molecular weight is 408 g/mol. The zero-order valence-corrected chi connectivity index (χ0v) is 16.4. The zero-order chi connectivity index (χ0) is 20.7. The molecule has 6 nitrogen and oxygen atoms in total. The van der Waals surface area contributed by atoms with Crippen molar-refractivity contribution in [2.45, 2.75) is 32.4 Å². The van der Waals surface area contributed by atoms with Crippen LogP contribution in [0.15, 0.2) is 36.4 Å². The third-order valence-corrected chi connectivity index (χ3v) is 4.51. The summed E-state index contributed by atoms with van der Waals surface area (Å²) in [6, 6.07) is 8.86. The number of primary amides is 1. The quantitative estimate of drug-likeness (QED) is 0.525. The van der Waals surface area contributed by atoms with Crippen molar-refractivity contribution in [1.29, 1.82) is 0 Å². The van der Waals surface area contributed by atoms with Crippen molar-refractivity contribution in [3.8, 4) is 11.5 Å². The smallest absolute Gasteiger partial charge is 0.248 e. The van der Waals surface area contributed by atoms with Crippen molar-refractivity contribution in [3.05, 3.63) is 58.4 Å². The van der Waals surface area contributed by atoms with Crippen molar-refractivity contribution in [3.63, 3.8) is 0 Å². The minimum absolute atomic E-state index is 0.0593. The predicted molar refractivity (Wildman–Crippen MR) is 106 cm³/mol. The van der Waals surface area contributed by atoms with Gasteiger partial charge >= 0.3 is 0 Å². The van der Waals surface area contributed by atoms with Crippen LogP contribution in [0.2, 0.25) is 5.02 Å². The average Bonchev–Trinajstić information content (AvgIpc) is 2.68. The van der Waals surface area contributed by atoms with E-state index >= 15 is 4.39 Å². The number of halogens is 2. The molecule has 2 aromatic carbocycles. The second-order valence-corrected chi connectivity index (χ2v) is 6.73. The van der Waals surface area contributed by atoms with Crippen LogP contribution in [0.4, 0.5) is 4.39 Å². The molecule has 0 heterocycles. The van der Waals surface area contributed by atoms with Crippen molar-refractivity contribution in [1.82, 2.24) is 10.6 Å². The second-order valence-electron chi connectivity index (χ2n) is 6.33. The summed E-state index contributed by atoms with van der Waals surface area (Å²) in [5, 5.41) is 6.00. The molecule has 0 aliphatic rings. The van der Waals surface area contributed by atoms with E-state index in [0.29, 0.717) is 36.3 Å². The summed E-state index contributed by atoms with van der Waals surface area (Å²) >= 11 is 6.15. The fraction of sp³-hybridized carbons (Fsp3) is 0.300. The van der Waals surface area contributed by atoms with E-state index in [1.165, 1.54) is 24.3 Å². The molecular weight excluding hydrogens is 385 g/mol. The Hall–Kier alpha value is -2.64. The van der Waals surface area contributed by atoms with E-state index in [1.54, 1.807) is 12.1 Å². The minimum atomic E-state index is -0.568. The van der Waals surface area contributed by atoms with Crippen LogP contribution in [-0.4, -0.2) is 24.9 Å². The standard InChI is InChI=1S/C20H23ClFN3O3/c1-3-17(25-12(2)10-24-11-26)15-8-9-16(21)19(18(15)22)28-14-6-4-13(5-7-14)20(23)27/h4-9,11-12,17,25H,3,10H2,1-2H3,(H2,23,27)(H,24,26)/t12-,17-/m1/s1. The summed E-state index contributed by atoms with van der Waals surface area (Å²) in [5.41, 5.74) is 5.94. The first-order valence-electron chi connectivity index (χ1n) is 8.86. The lowest BCUT2D eigenvalue weighted by Gasteiger charge is -2.24. The molecule has 0 radical (unpaired) electrons. The van der Waals surface area contributed by atoms with Crippen LogP contribution >= 0.6 is 11.6 Å². The number of benzene rings is 2. The van der Waals surface area contributed by atoms with Gasteiger partial charge in [-0.15, -0.1) is 0 Å². The van der Waals surface area contributed by atoms with E-state index in [-0.39, 0.29) is 22.9 Å². The molecule has 4 N–H and O–H groups in total. The first-order chi connectivity index (χ1) is 13.4. The maximum Gasteiger partial charge on any atom is 0.248 e. The molecule has 2 rings (SSSR count). The number of hydrogen-bond donors (Lipinski definition) is 3. The molecule has 2 aromatic rings. The Balaban J connectivity index is 2.26. The van der Waals surface area contributed by atoms with Gasteiger partial charge in [0.15, 0.2) is 11.6 Å². The molecule has 0 aliphatic carbocycles. The Morgan fingerprint density at radius 1 is 1.29 bits per heavy atom. The van der Waals surface area contributed by atoms with Crippen LogP contribution in [0, 0.1) is 5.82 Å². The van der Waals surface area contributed by atoms with Crippen molar-refractivity contribution in [2.75, 3.05) is 6.54 Å². The minimum Gasteiger partial charge on any atom is -0.453 e. The van der Waals surface area contributed by atoms with Crippen LogP contribution in [0.1, 0.15) is 42.2 Å². The van der Waals surface area contributed by atoms with E-state index < -0.39 is 11.7 Å². The number of carbonyl (C=O) groups excluding carboxylic acids is 2. The summed E-state index contributed by atoms with van der Waals surface area (Å²) in [4.78, 5) is 21.6. The number of ether oxygens (including phenoxy) is 1. The summed E-state index contributed by atoms with van der Waals surface area (Å²) in [7, 11) is 0. The Labute approximate surface area is 168 Å². The molecule has 0 spiro atoms. The van der Waals surface area contributed by atoms with E-state index in [2.05, 4.69) is 10.6 Å². The van der Waals surface area contributed by atoms with Crippen LogP contribution in [0.3, 0.4) is 0 Å². The van der Waals surface area contributed by atoms with Crippen LogP contribution in [0.5, 0.6) is 11.5 Å². The molecule has 150 valence electrons. The summed E-state index contributed by atoms with van der Waals surface area (Å²) < 4.78 is 20.8. The molecule has 8 heteroatoms. The van der Waals surface area contributed by atoms with Gasteiger partial charge in [-0.25, -0.2) is 4.39 Å².